The second-order valence-corrected chi connectivity index (χ2v) is 5.79. The summed E-state index contributed by atoms with van der Waals surface area (Å²) in [5, 5.41) is 3.06. The quantitative estimate of drug-likeness (QED) is 0.738. The zero-order valence-corrected chi connectivity index (χ0v) is 10.9. The molecule has 0 aliphatic carbocycles. The average Bonchev–Trinajstić information content (AvgIpc) is 2.08. The van der Waals surface area contributed by atoms with Gasteiger partial charge in [-0.05, 0) is 32.7 Å². The summed E-state index contributed by atoms with van der Waals surface area (Å²) in [5.41, 5.74) is 5.45. The van der Waals surface area contributed by atoms with Gasteiger partial charge in [0.2, 0.25) is 5.91 Å². The van der Waals surface area contributed by atoms with E-state index >= 15 is 0 Å². The smallest absolute Gasteiger partial charge is 0.237 e. The van der Waals surface area contributed by atoms with Crippen LogP contribution >= 0.6 is 0 Å². The molecular formula is C12H25N3O. The van der Waals surface area contributed by atoms with Crippen LogP contribution in [0.15, 0.2) is 0 Å². The molecule has 1 unspecified atom stereocenters. The van der Waals surface area contributed by atoms with Crippen LogP contribution < -0.4 is 11.1 Å². The Morgan fingerprint density at radius 1 is 1.56 bits per heavy atom. The summed E-state index contributed by atoms with van der Waals surface area (Å²) in [6, 6.07) is -0.0413. The summed E-state index contributed by atoms with van der Waals surface area (Å²) in [6.45, 7) is 10.9. The van der Waals surface area contributed by atoms with Crippen LogP contribution in [0.1, 0.15) is 34.1 Å². The van der Waals surface area contributed by atoms with Crippen LogP contribution in [-0.4, -0.2) is 42.0 Å². The molecule has 1 saturated heterocycles. The molecule has 0 bridgehead atoms. The fourth-order valence-corrected chi connectivity index (χ4v) is 2.37. The van der Waals surface area contributed by atoms with Crippen molar-refractivity contribution in [1.82, 2.24) is 10.2 Å². The summed E-state index contributed by atoms with van der Waals surface area (Å²) in [7, 11) is 0. The highest BCUT2D eigenvalue weighted by atomic mass is 16.2. The monoisotopic (exact) mass is 227 g/mol. The third-order valence-electron chi connectivity index (χ3n) is 2.84. The van der Waals surface area contributed by atoms with Crippen LogP contribution in [0.3, 0.4) is 0 Å². The van der Waals surface area contributed by atoms with Gasteiger partial charge < -0.3 is 11.1 Å². The van der Waals surface area contributed by atoms with Gasteiger partial charge in [0, 0.05) is 18.6 Å². The highest BCUT2D eigenvalue weighted by Gasteiger charge is 2.37. The molecule has 0 spiro atoms. The SMILES string of the molecule is CC(C)CN1CC(C)(C)NC(=O)C1CCN. The summed E-state index contributed by atoms with van der Waals surface area (Å²) in [6.07, 6.45) is 0.745. The van der Waals surface area contributed by atoms with Crippen molar-refractivity contribution in [2.45, 2.75) is 45.7 Å². The molecule has 1 heterocycles. The molecular weight excluding hydrogens is 202 g/mol. The third kappa shape index (κ3) is 3.46. The van der Waals surface area contributed by atoms with E-state index in [-0.39, 0.29) is 17.5 Å². The summed E-state index contributed by atoms with van der Waals surface area (Å²) in [5.74, 6) is 0.698. The number of nitrogens with two attached hydrogens (primary N) is 1. The fraction of sp³-hybridized carbons (Fsp3) is 0.917. The first-order chi connectivity index (χ1) is 7.35. The molecule has 0 radical (unpaired) electrons. The van der Waals surface area contributed by atoms with Gasteiger partial charge in [0.25, 0.3) is 0 Å². The summed E-state index contributed by atoms with van der Waals surface area (Å²) >= 11 is 0. The topological polar surface area (TPSA) is 58.4 Å². The Balaban J connectivity index is 2.75. The van der Waals surface area contributed by atoms with Crippen molar-refractivity contribution >= 4 is 5.91 Å². The molecule has 0 saturated carbocycles. The highest BCUT2D eigenvalue weighted by molar-refractivity contribution is 5.83. The molecule has 94 valence electrons. The highest BCUT2D eigenvalue weighted by Crippen LogP contribution is 2.19. The number of nitrogens with one attached hydrogen (secondary N) is 1. The van der Waals surface area contributed by atoms with Crippen molar-refractivity contribution in [2.75, 3.05) is 19.6 Å². The molecule has 1 atom stereocenters. The number of carbonyl (C=O) groups is 1. The van der Waals surface area contributed by atoms with E-state index in [1.165, 1.54) is 0 Å². The van der Waals surface area contributed by atoms with E-state index in [1.54, 1.807) is 0 Å². The molecule has 4 heteroatoms. The molecule has 1 aliphatic rings. The van der Waals surface area contributed by atoms with E-state index < -0.39 is 0 Å². The first kappa shape index (κ1) is 13.5. The maximum Gasteiger partial charge on any atom is 0.237 e. The van der Waals surface area contributed by atoms with Crippen molar-refractivity contribution in [3.05, 3.63) is 0 Å². The third-order valence-corrected chi connectivity index (χ3v) is 2.84. The van der Waals surface area contributed by atoms with E-state index in [0.717, 1.165) is 19.5 Å². The van der Waals surface area contributed by atoms with Crippen molar-refractivity contribution in [1.29, 1.82) is 0 Å². The standard InChI is InChI=1S/C12H25N3O/c1-9(2)7-15-8-12(3,4)14-11(16)10(15)5-6-13/h9-10H,5-8,13H2,1-4H3,(H,14,16). The number of rotatable bonds is 4. The predicted molar refractivity (Wildman–Crippen MR) is 66.1 cm³/mol. The minimum Gasteiger partial charge on any atom is -0.349 e. The fourth-order valence-electron chi connectivity index (χ4n) is 2.37. The van der Waals surface area contributed by atoms with Gasteiger partial charge in [0.15, 0.2) is 0 Å². The van der Waals surface area contributed by atoms with Gasteiger partial charge in [-0.2, -0.15) is 0 Å². The van der Waals surface area contributed by atoms with Crippen LogP contribution in [0.2, 0.25) is 0 Å². The van der Waals surface area contributed by atoms with Crippen molar-refractivity contribution < 1.29 is 4.79 Å². The van der Waals surface area contributed by atoms with E-state index in [4.69, 9.17) is 5.73 Å². The minimum absolute atomic E-state index is 0.0413. The van der Waals surface area contributed by atoms with Crippen LogP contribution in [0.25, 0.3) is 0 Å². The molecule has 16 heavy (non-hydrogen) atoms. The first-order valence-corrected chi connectivity index (χ1v) is 6.12. The van der Waals surface area contributed by atoms with Gasteiger partial charge in [0.1, 0.15) is 0 Å². The van der Waals surface area contributed by atoms with Gasteiger partial charge in [-0.3, -0.25) is 9.69 Å². The van der Waals surface area contributed by atoms with E-state index in [9.17, 15) is 4.79 Å². The Morgan fingerprint density at radius 3 is 2.69 bits per heavy atom. The van der Waals surface area contributed by atoms with Gasteiger partial charge in [-0.15, -0.1) is 0 Å². The molecule has 1 rings (SSSR count). The van der Waals surface area contributed by atoms with Gasteiger partial charge >= 0.3 is 0 Å². The summed E-state index contributed by atoms with van der Waals surface area (Å²) < 4.78 is 0. The Kier molecular flexibility index (Phi) is 4.33. The zero-order chi connectivity index (χ0) is 12.3. The molecule has 0 aromatic carbocycles. The van der Waals surface area contributed by atoms with E-state index in [1.807, 2.05) is 0 Å². The first-order valence-electron chi connectivity index (χ1n) is 6.12. The summed E-state index contributed by atoms with van der Waals surface area (Å²) in [4.78, 5) is 14.3. The Hall–Kier alpha value is -0.610. The number of hydrogen-bond acceptors (Lipinski definition) is 3. The maximum atomic E-state index is 12.0. The van der Waals surface area contributed by atoms with Gasteiger partial charge in [-0.1, -0.05) is 13.8 Å². The maximum absolute atomic E-state index is 12.0. The minimum atomic E-state index is -0.128. The van der Waals surface area contributed by atoms with Crippen molar-refractivity contribution in [3.8, 4) is 0 Å². The zero-order valence-electron chi connectivity index (χ0n) is 10.9. The number of piperazine rings is 1. The lowest BCUT2D eigenvalue weighted by atomic mass is 9.95. The molecule has 0 aromatic rings. The lowest BCUT2D eigenvalue weighted by Gasteiger charge is -2.44. The van der Waals surface area contributed by atoms with Crippen molar-refractivity contribution in [2.24, 2.45) is 11.7 Å². The lowest BCUT2D eigenvalue weighted by Crippen LogP contribution is -2.65. The Labute approximate surface area is 98.6 Å². The largest absolute Gasteiger partial charge is 0.349 e. The molecule has 0 aromatic heterocycles. The van der Waals surface area contributed by atoms with E-state index in [2.05, 4.69) is 37.9 Å². The van der Waals surface area contributed by atoms with E-state index in [0.29, 0.717) is 12.5 Å². The Morgan fingerprint density at radius 2 is 2.19 bits per heavy atom. The molecule has 1 aliphatic heterocycles. The second kappa shape index (κ2) is 5.15. The van der Waals surface area contributed by atoms with Crippen LogP contribution in [0, 0.1) is 5.92 Å². The second-order valence-electron chi connectivity index (χ2n) is 5.79. The molecule has 3 N–H and O–H groups in total. The molecule has 1 fully saturated rings. The van der Waals surface area contributed by atoms with Crippen LogP contribution in [0.4, 0.5) is 0 Å². The lowest BCUT2D eigenvalue weighted by molar-refractivity contribution is -0.133. The van der Waals surface area contributed by atoms with Gasteiger partial charge in [0.05, 0.1) is 6.04 Å². The number of hydrogen-bond donors (Lipinski definition) is 2. The van der Waals surface area contributed by atoms with Crippen LogP contribution in [0.5, 0.6) is 0 Å². The average molecular weight is 227 g/mol. The molecule has 4 nitrogen and oxygen atoms in total. The molecule has 1 amide bonds. The Bertz CT molecular complexity index is 251. The van der Waals surface area contributed by atoms with Crippen LogP contribution in [-0.2, 0) is 4.79 Å². The van der Waals surface area contributed by atoms with Gasteiger partial charge in [-0.25, -0.2) is 0 Å². The number of amides is 1. The normalized spacial score (nSPS) is 25.9. The van der Waals surface area contributed by atoms with Crippen molar-refractivity contribution in [3.63, 3.8) is 0 Å². The number of carbonyl (C=O) groups excluding carboxylic acids is 1. The number of nitrogens with zero attached hydrogens (tertiary/aromatic N) is 1. The predicted octanol–water partition coefficient (Wildman–Crippen LogP) is 0.570.